The molecule has 0 spiro atoms. The maximum Gasteiger partial charge on any atom is 0.304 e. The maximum atomic E-state index is 12.6. The van der Waals surface area contributed by atoms with E-state index < -0.39 is 24.7 Å². The summed E-state index contributed by atoms with van der Waals surface area (Å²) in [6, 6.07) is 1.25. The van der Waals surface area contributed by atoms with Gasteiger partial charge in [0.2, 0.25) is 6.43 Å². The van der Waals surface area contributed by atoms with Crippen LogP contribution in [0.5, 0.6) is 0 Å². The van der Waals surface area contributed by atoms with Gasteiger partial charge in [-0.1, -0.05) is 23.2 Å². The first-order chi connectivity index (χ1) is 7.41. The molecule has 0 aromatic carbocycles. The standard InChI is InChI=1S/C9H7Cl2F2NO2/c10-4-1-6(11)8(14-3-4)5(9(12)13)2-7(15)16/h1,3,5,9H,2H2,(H,15,16). The summed E-state index contributed by atoms with van der Waals surface area (Å²) in [5.41, 5.74) is -0.150. The number of hydrogen-bond acceptors (Lipinski definition) is 2. The lowest BCUT2D eigenvalue weighted by Gasteiger charge is -2.14. The van der Waals surface area contributed by atoms with Crippen LogP contribution < -0.4 is 0 Å². The van der Waals surface area contributed by atoms with Gasteiger partial charge in [0.15, 0.2) is 0 Å². The van der Waals surface area contributed by atoms with Crippen LogP contribution in [0.4, 0.5) is 8.78 Å². The SMILES string of the molecule is O=C(O)CC(c1ncc(Cl)cc1Cl)C(F)F. The lowest BCUT2D eigenvalue weighted by molar-refractivity contribution is -0.138. The van der Waals surface area contributed by atoms with Gasteiger partial charge in [-0.3, -0.25) is 9.78 Å². The highest BCUT2D eigenvalue weighted by Gasteiger charge is 2.28. The van der Waals surface area contributed by atoms with Crippen LogP contribution in [0.2, 0.25) is 10.0 Å². The van der Waals surface area contributed by atoms with Crippen molar-refractivity contribution in [3.05, 3.63) is 28.0 Å². The fraction of sp³-hybridized carbons (Fsp3) is 0.333. The normalized spacial score (nSPS) is 12.8. The molecule has 0 fully saturated rings. The second-order valence-electron chi connectivity index (χ2n) is 3.06. The van der Waals surface area contributed by atoms with E-state index in [1.54, 1.807) is 0 Å². The second-order valence-corrected chi connectivity index (χ2v) is 3.90. The molecule has 0 saturated carbocycles. The quantitative estimate of drug-likeness (QED) is 0.913. The molecule has 1 unspecified atom stereocenters. The Morgan fingerprint density at radius 1 is 1.50 bits per heavy atom. The van der Waals surface area contributed by atoms with Crippen LogP contribution in [0.15, 0.2) is 12.3 Å². The third-order valence-electron chi connectivity index (χ3n) is 1.89. The first kappa shape index (κ1) is 13.1. The van der Waals surface area contributed by atoms with E-state index in [2.05, 4.69) is 4.98 Å². The average Bonchev–Trinajstić information content (AvgIpc) is 2.14. The van der Waals surface area contributed by atoms with Crippen LogP contribution in [-0.4, -0.2) is 22.5 Å². The molecular weight excluding hydrogens is 263 g/mol. The summed E-state index contributed by atoms with van der Waals surface area (Å²) >= 11 is 11.2. The molecule has 0 radical (unpaired) electrons. The Balaban J connectivity index is 3.05. The van der Waals surface area contributed by atoms with Crippen molar-refractivity contribution in [3.8, 4) is 0 Å². The van der Waals surface area contributed by atoms with Crippen molar-refractivity contribution in [1.29, 1.82) is 0 Å². The van der Waals surface area contributed by atoms with Crippen molar-refractivity contribution < 1.29 is 18.7 Å². The highest BCUT2D eigenvalue weighted by Crippen LogP contribution is 2.31. The van der Waals surface area contributed by atoms with E-state index in [1.807, 2.05) is 0 Å². The molecule has 0 aliphatic rings. The van der Waals surface area contributed by atoms with E-state index >= 15 is 0 Å². The van der Waals surface area contributed by atoms with E-state index in [9.17, 15) is 13.6 Å². The summed E-state index contributed by atoms with van der Waals surface area (Å²) < 4.78 is 25.3. The van der Waals surface area contributed by atoms with Crippen LogP contribution in [-0.2, 0) is 4.79 Å². The average molecular weight is 270 g/mol. The third kappa shape index (κ3) is 3.28. The minimum atomic E-state index is -2.85. The van der Waals surface area contributed by atoms with E-state index in [4.69, 9.17) is 28.3 Å². The largest absolute Gasteiger partial charge is 0.481 e. The van der Waals surface area contributed by atoms with Crippen molar-refractivity contribution in [3.63, 3.8) is 0 Å². The second kappa shape index (κ2) is 5.41. The Hall–Kier alpha value is -0.940. The van der Waals surface area contributed by atoms with Gasteiger partial charge in [0.05, 0.1) is 28.1 Å². The van der Waals surface area contributed by atoms with Gasteiger partial charge in [-0.2, -0.15) is 0 Å². The molecule has 1 rings (SSSR count). The molecule has 7 heteroatoms. The van der Waals surface area contributed by atoms with Crippen LogP contribution in [0.25, 0.3) is 0 Å². The number of carboxylic acids is 1. The zero-order valence-corrected chi connectivity index (χ0v) is 9.34. The van der Waals surface area contributed by atoms with Crippen LogP contribution in [0.1, 0.15) is 18.0 Å². The number of nitrogens with zero attached hydrogens (tertiary/aromatic N) is 1. The number of carboxylic acid groups (broad SMARTS) is 1. The lowest BCUT2D eigenvalue weighted by atomic mass is 10.0. The number of aliphatic carboxylic acids is 1. The highest BCUT2D eigenvalue weighted by molar-refractivity contribution is 6.34. The van der Waals surface area contributed by atoms with E-state index in [0.29, 0.717) is 0 Å². The molecule has 0 aliphatic carbocycles. The summed E-state index contributed by atoms with van der Waals surface area (Å²) in [4.78, 5) is 14.1. The predicted octanol–water partition coefficient (Wildman–Crippen LogP) is 3.21. The van der Waals surface area contributed by atoms with E-state index in [1.165, 1.54) is 6.07 Å². The predicted molar refractivity (Wildman–Crippen MR) is 55.3 cm³/mol. The lowest BCUT2D eigenvalue weighted by Crippen LogP contribution is -2.16. The number of rotatable bonds is 4. The molecule has 0 aliphatic heterocycles. The summed E-state index contributed by atoms with van der Waals surface area (Å²) in [5.74, 6) is -2.86. The molecule has 88 valence electrons. The molecular formula is C9H7Cl2F2NO2. The van der Waals surface area contributed by atoms with Gasteiger partial charge in [0.1, 0.15) is 0 Å². The molecule has 16 heavy (non-hydrogen) atoms. The monoisotopic (exact) mass is 269 g/mol. The van der Waals surface area contributed by atoms with Gasteiger partial charge in [-0.25, -0.2) is 8.78 Å². The Kier molecular flexibility index (Phi) is 4.44. The Morgan fingerprint density at radius 3 is 2.56 bits per heavy atom. The molecule has 3 nitrogen and oxygen atoms in total. The van der Waals surface area contributed by atoms with Crippen molar-refractivity contribution in [1.82, 2.24) is 4.98 Å². The first-order valence-electron chi connectivity index (χ1n) is 4.22. The van der Waals surface area contributed by atoms with Gasteiger partial charge >= 0.3 is 5.97 Å². The zero-order valence-electron chi connectivity index (χ0n) is 7.83. The summed E-state index contributed by atoms with van der Waals surface area (Å²) in [5, 5.41) is 8.66. The first-order valence-corrected chi connectivity index (χ1v) is 4.98. The van der Waals surface area contributed by atoms with Crippen LogP contribution in [0, 0.1) is 0 Å². The number of halogens is 4. The maximum absolute atomic E-state index is 12.6. The van der Waals surface area contributed by atoms with Gasteiger partial charge in [-0.05, 0) is 6.07 Å². The van der Waals surface area contributed by atoms with Crippen LogP contribution >= 0.6 is 23.2 Å². The fourth-order valence-corrected chi connectivity index (χ4v) is 1.71. The highest BCUT2D eigenvalue weighted by atomic mass is 35.5. The Morgan fingerprint density at radius 2 is 2.12 bits per heavy atom. The molecule has 1 heterocycles. The van der Waals surface area contributed by atoms with Gasteiger partial charge in [-0.15, -0.1) is 0 Å². The molecule has 0 amide bonds. The summed E-state index contributed by atoms with van der Waals surface area (Å²) in [7, 11) is 0. The Labute approximate surface area is 100 Å². The zero-order chi connectivity index (χ0) is 12.3. The number of aromatic nitrogens is 1. The molecule has 1 N–H and O–H groups in total. The van der Waals surface area contributed by atoms with Crippen molar-refractivity contribution >= 4 is 29.2 Å². The molecule has 1 aromatic heterocycles. The smallest absolute Gasteiger partial charge is 0.304 e. The summed E-state index contributed by atoms with van der Waals surface area (Å²) in [6.45, 7) is 0. The molecule has 0 saturated heterocycles. The number of hydrogen-bond donors (Lipinski definition) is 1. The van der Waals surface area contributed by atoms with Gasteiger partial charge in [0, 0.05) is 6.20 Å². The third-order valence-corrected chi connectivity index (χ3v) is 2.40. The minimum absolute atomic E-state index is 0.0564. The topological polar surface area (TPSA) is 50.2 Å². The molecule has 1 aromatic rings. The number of alkyl halides is 2. The molecule has 1 atom stereocenters. The van der Waals surface area contributed by atoms with Crippen molar-refractivity contribution in [2.75, 3.05) is 0 Å². The molecule has 0 bridgehead atoms. The van der Waals surface area contributed by atoms with E-state index in [0.717, 1.165) is 6.20 Å². The number of pyridine rings is 1. The number of carbonyl (C=O) groups is 1. The van der Waals surface area contributed by atoms with Gasteiger partial charge < -0.3 is 5.11 Å². The van der Waals surface area contributed by atoms with Crippen molar-refractivity contribution in [2.24, 2.45) is 0 Å². The fourth-order valence-electron chi connectivity index (χ4n) is 1.19. The van der Waals surface area contributed by atoms with Crippen molar-refractivity contribution in [2.45, 2.75) is 18.8 Å². The minimum Gasteiger partial charge on any atom is -0.481 e. The van der Waals surface area contributed by atoms with Crippen LogP contribution in [0.3, 0.4) is 0 Å². The van der Waals surface area contributed by atoms with E-state index in [-0.39, 0.29) is 15.7 Å². The summed E-state index contributed by atoms with van der Waals surface area (Å²) in [6.07, 6.45) is -2.42. The van der Waals surface area contributed by atoms with Gasteiger partial charge in [0.25, 0.3) is 0 Å². The Bertz CT molecular complexity index is 401.